The lowest BCUT2D eigenvalue weighted by atomic mass is 9.99. The summed E-state index contributed by atoms with van der Waals surface area (Å²) in [5.74, 6) is -0.940. The van der Waals surface area contributed by atoms with Gasteiger partial charge in [0.25, 0.3) is 5.91 Å². The molecule has 130 valence electrons. The van der Waals surface area contributed by atoms with Gasteiger partial charge in [-0.25, -0.2) is 9.69 Å². The molecule has 0 saturated carbocycles. The summed E-state index contributed by atoms with van der Waals surface area (Å²) in [7, 11) is 5.47. The van der Waals surface area contributed by atoms with Crippen molar-refractivity contribution in [1.29, 1.82) is 0 Å². The molecule has 8 heteroatoms. The van der Waals surface area contributed by atoms with Gasteiger partial charge >= 0.3 is 6.09 Å². The summed E-state index contributed by atoms with van der Waals surface area (Å²) in [5, 5.41) is 0. The van der Waals surface area contributed by atoms with E-state index in [4.69, 9.17) is 17.3 Å². The van der Waals surface area contributed by atoms with E-state index in [-0.39, 0.29) is 24.8 Å². The van der Waals surface area contributed by atoms with Crippen LogP contribution in [0.5, 0.6) is 0 Å². The fourth-order valence-corrected chi connectivity index (χ4v) is 3.36. The Balaban J connectivity index is 2.02. The zero-order valence-corrected chi connectivity index (χ0v) is 14.5. The van der Waals surface area contributed by atoms with Gasteiger partial charge in [0, 0.05) is 0 Å². The van der Waals surface area contributed by atoms with Crippen molar-refractivity contribution in [3.05, 3.63) is 12.2 Å². The molecule has 2 saturated heterocycles. The van der Waals surface area contributed by atoms with Gasteiger partial charge in [0.1, 0.15) is 12.3 Å². The molecule has 3 amide bonds. The molecule has 0 aliphatic carbocycles. The van der Waals surface area contributed by atoms with Crippen LogP contribution in [-0.4, -0.2) is 66.0 Å². The minimum absolute atomic E-state index is 0.159. The van der Waals surface area contributed by atoms with Crippen molar-refractivity contribution < 1.29 is 23.9 Å². The molecule has 2 fully saturated rings. The average molecular weight is 334 g/mol. The summed E-state index contributed by atoms with van der Waals surface area (Å²) < 4.78 is 10.8. The Morgan fingerprint density at radius 3 is 2.58 bits per heavy atom. The number of ether oxygens (including phenoxy) is 2. The third kappa shape index (κ3) is 3.48. The second-order valence-electron chi connectivity index (χ2n) is 6.56. The normalized spacial score (nSPS) is 29.3. The molecule has 0 aromatic heterocycles. The second-order valence-corrected chi connectivity index (χ2v) is 6.56. The third-order valence-corrected chi connectivity index (χ3v) is 4.39. The van der Waals surface area contributed by atoms with Gasteiger partial charge in [-0.3, -0.25) is 9.59 Å². The third-order valence-electron chi connectivity index (χ3n) is 4.39. The highest BCUT2D eigenvalue weighted by Gasteiger charge is 2.46. The van der Waals surface area contributed by atoms with E-state index in [1.807, 2.05) is 6.92 Å². The van der Waals surface area contributed by atoms with Crippen molar-refractivity contribution in [2.45, 2.75) is 64.4 Å². The highest BCUT2D eigenvalue weighted by Crippen LogP contribution is 2.35. The summed E-state index contributed by atoms with van der Waals surface area (Å²) in [6, 6.07) is -0.432. The molecule has 0 spiro atoms. The van der Waals surface area contributed by atoms with Crippen LogP contribution in [0, 0.1) is 0 Å². The van der Waals surface area contributed by atoms with Crippen molar-refractivity contribution in [2.24, 2.45) is 0 Å². The highest BCUT2D eigenvalue weighted by atomic mass is 16.6. The van der Waals surface area contributed by atoms with E-state index >= 15 is 0 Å². The number of carbonyl (C=O) groups is 3. The van der Waals surface area contributed by atoms with E-state index in [0.717, 1.165) is 4.90 Å². The molecule has 0 aromatic carbocycles. The maximum Gasteiger partial charge on any atom is 0.417 e. The van der Waals surface area contributed by atoms with Gasteiger partial charge in [0.2, 0.25) is 7.85 Å². The fraction of sp³-hybridized carbons (Fsp3) is 0.688. The van der Waals surface area contributed by atoms with Crippen LogP contribution in [0.2, 0.25) is 0 Å². The zero-order chi connectivity index (χ0) is 18.1. The lowest BCUT2D eigenvalue weighted by molar-refractivity contribution is -0.123. The van der Waals surface area contributed by atoms with Crippen LogP contribution in [0.3, 0.4) is 0 Å². The monoisotopic (exact) mass is 334 g/mol. The quantitative estimate of drug-likeness (QED) is 0.579. The number of imide groups is 1. The van der Waals surface area contributed by atoms with Crippen LogP contribution in [0.15, 0.2) is 12.2 Å². The Labute approximate surface area is 143 Å². The SMILES string of the molecule is [B]C(=O)N1[C@@H](CC)[C@@H](C/C=C/C(=O)N2C(=O)OC[C@H]2C)OC1(C)C. The summed E-state index contributed by atoms with van der Waals surface area (Å²) in [6.45, 7) is 7.49. The van der Waals surface area contributed by atoms with Crippen LogP contribution >= 0.6 is 0 Å². The first-order valence-corrected chi connectivity index (χ1v) is 8.12. The van der Waals surface area contributed by atoms with Crippen molar-refractivity contribution >= 4 is 25.7 Å². The van der Waals surface area contributed by atoms with E-state index in [9.17, 15) is 14.4 Å². The molecule has 3 atom stereocenters. The molecule has 2 rings (SSSR count). The van der Waals surface area contributed by atoms with Crippen molar-refractivity contribution in [1.82, 2.24) is 9.80 Å². The minimum atomic E-state index is -0.789. The number of amides is 3. The second kappa shape index (κ2) is 6.97. The van der Waals surface area contributed by atoms with Crippen LogP contribution < -0.4 is 0 Å². The number of nitrogens with zero attached hydrogens (tertiary/aromatic N) is 2. The predicted molar refractivity (Wildman–Crippen MR) is 87.4 cm³/mol. The van der Waals surface area contributed by atoms with Crippen LogP contribution in [0.4, 0.5) is 9.59 Å². The number of rotatable bonds is 4. The first-order chi connectivity index (χ1) is 11.2. The van der Waals surface area contributed by atoms with E-state index in [2.05, 4.69) is 0 Å². The zero-order valence-electron chi connectivity index (χ0n) is 14.5. The Morgan fingerprint density at radius 2 is 2.08 bits per heavy atom. The number of cyclic esters (lactones) is 1. The van der Waals surface area contributed by atoms with E-state index in [1.54, 1.807) is 26.8 Å². The van der Waals surface area contributed by atoms with Gasteiger partial charge in [-0.2, -0.15) is 0 Å². The van der Waals surface area contributed by atoms with Crippen molar-refractivity contribution in [2.75, 3.05) is 6.61 Å². The lowest BCUT2D eigenvalue weighted by Gasteiger charge is -2.33. The minimum Gasteiger partial charge on any atom is -0.447 e. The van der Waals surface area contributed by atoms with E-state index < -0.39 is 23.5 Å². The van der Waals surface area contributed by atoms with Gasteiger partial charge in [0.15, 0.2) is 5.81 Å². The first-order valence-electron chi connectivity index (χ1n) is 8.12. The summed E-state index contributed by atoms with van der Waals surface area (Å²) in [5.41, 5.74) is -0.789. The molecule has 0 unspecified atom stereocenters. The highest BCUT2D eigenvalue weighted by molar-refractivity contribution is 6.57. The van der Waals surface area contributed by atoms with Crippen molar-refractivity contribution in [3.8, 4) is 0 Å². The smallest absolute Gasteiger partial charge is 0.417 e. The van der Waals surface area contributed by atoms with Crippen LogP contribution in [-0.2, 0) is 14.3 Å². The predicted octanol–water partition coefficient (Wildman–Crippen LogP) is 1.80. The largest absolute Gasteiger partial charge is 0.447 e. The van der Waals surface area contributed by atoms with E-state index in [1.165, 1.54) is 11.0 Å². The van der Waals surface area contributed by atoms with Gasteiger partial charge < -0.3 is 14.4 Å². The Morgan fingerprint density at radius 1 is 1.42 bits per heavy atom. The molecule has 0 aromatic rings. The molecule has 0 N–H and O–H groups in total. The molecular formula is C16H23BN2O5. The molecule has 2 radical (unpaired) electrons. The number of carbonyl (C=O) groups excluding carboxylic acids is 3. The molecular weight excluding hydrogens is 311 g/mol. The van der Waals surface area contributed by atoms with Crippen LogP contribution in [0.25, 0.3) is 0 Å². The summed E-state index contributed by atoms with van der Waals surface area (Å²) >= 11 is 0. The van der Waals surface area contributed by atoms with Gasteiger partial charge in [-0.1, -0.05) is 13.0 Å². The summed E-state index contributed by atoms with van der Waals surface area (Å²) in [6.07, 6.45) is 3.25. The maximum absolute atomic E-state index is 12.1. The maximum atomic E-state index is 12.1. The Bertz CT molecular complexity index is 563. The van der Waals surface area contributed by atoms with Crippen molar-refractivity contribution in [3.63, 3.8) is 0 Å². The topological polar surface area (TPSA) is 76.2 Å². The number of hydrogen-bond donors (Lipinski definition) is 0. The molecule has 24 heavy (non-hydrogen) atoms. The lowest BCUT2D eigenvalue weighted by Crippen LogP contribution is -2.47. The molecule has 2 heterocycles. The standard InChI is InChI=1S/C16H23BN2O5/c1-5-11-12(24-16(3,4)19(11)14(17)21)7-6-8-13(20)18-10(2)9-23-15(18)22/h6,8,10-12H,5,7,9H2,1-4H3/b8-6+/t10-,11+,12-/m1/s1. The number of hydrogen-bond acceptors (Lipinski definition) is 5. The summed E-state index contributed by atoms with van der Waals surface area (Å²) in [4.78, 5) is 37.9. The average Bonchev–Trinajstić information content (AvgIpc) is 2.94. The Kier molecular flexibility index (Phi) is 5.37. The van der Waals surface area contributed by atoms with Gasteiger partial charge in [-0.05, 0) is 39.7 Å². The molecule has 7 nitrogen and oxygen atoms in total. The van der Waals surface area contributed by atoms with Gasteiger partial charge in [-0.15, -0.1) is 0 Å². The first kappa shape index (κ1) is 18.5. The fourth-order valence-electron chi connectivity index (χ4n) is 3.36. The van der Waals surface area contributed by atoms with Gasteiger partial charge in [0.05, 0.1) is 18.2 Å². The molecule has 2 aliphatic rings. The molecule has 0 bridgehead atoms. The molecule has 2 aliphatic heterocycles. The van der Waals surface area contributed by atoms with Crippen LogP contribution in [0.1, 0.15) is 40.5 Å². The Hall–Kier alpha value is -1.83. The van der Waals surface area contributed by atoms with E-state index in [0.29, 0.717) is 12.8 Å².